The quantitative estimate of drug-likeness (QED) is 0.617. The number of nitrogens with one attached hydrogen (secondary N) is 1. The van der Waals surface area contributed by atoms with Crippen molar-refractivity contribution < 1.29 is 14.3 Å². The molecular weight excluding hydrogens is 352 g/mol. The number of benzene rings is 2. The van der Waals surface area contributed by atoms with Crippen LogP contribution >= 0.6 is 0 Å². The predicted octanol–water partition coefficient (Wildman–Crippen LogP) is 4.96. The van der Waals surface area contributed by atoms with Crippen molar-refractivity contribution in [1.29, 1.82) is 0 Å². The summed E-state index contributed by atoms with van der Waals surface area (Å²) in [6.45, 7) is 8.97. The van der Waals surface area contributed by atoms with Gasteiger partial charge in [-0.2, -0.15) is 0 Å². The number of hydrogen-bond donors (Lipinski definition) is 1. The molecule has 3 rings (SSSR count). The minimum absolute atomic E-state index is 0.155. The summed E-state index contributed by atoms with van der Waals surface area (Å²) in [7, 11) is 0. The molecule has 0 radical (unpaired) electrons. The van der Waals surface area contributed by atoms with Crippen LogP contribution in [0, 0.1) is 6.92 Å². The zero-order valence-electron chi connectivity index (χ0n) is 16.8. The van der Waals surface area contributed by atoms with Gasteiger partial charge in [-0.3, -0.25) is 4.79 Å². The molecule has 0 unspecified atom stereocenters. The van der Waals surface area contributed by atoms with Crippen molar-refractivity contribution in [3.8, 4) is 0 Å². The normalized spacial score (nSPS) is 10.9. The maximum atomic E-state index is 13.0. The van der Waals surface area contributed by atoms with Crippen LogP contribution in [0.15, 0.2) is 42.5 Å². The molecule has 1 heterocycles. The van der Waals surface area contributed by atoms with Gasteiger partial charge in [-0.05, 0) is 74.7 Å². The average Bonchev–Trinajstić information content (AvgIpc) is 2.99. The molecule has 5 heteroatoms. The van der Waals surface area contributed by atoms with Gasteiger partial charge in [0.25, 0.3) is 5.91 Å². The monoisotopic (exact) mass is 378 g/mol. The van der Waals surface area contributed by atoms with Gasteiger partial charge in [-0.25, -0.2) is 4.79 Å². The first-order chi connectivity index (χ1) is 13.5. The van der Waals surface area contributed by atoms with Gasteiger partial charge >= 0.3 is 5.97 Å². The Kier molecular flexibility index (Phi) is 5.83. The van der Waals surface area contributed by atoms with Gasteiger partial charge in [0.2, 0.25) is 0 Å². The number of amides is 1. The first kappa shape index (κ1) is 19.7. The summed E-state index contributed by atoms with van der Waals surface area (Å²) >= 11 is 0. The number of carbonyl (C=O) groups excluding carboxylic acids is 2. The highest BCUT2D eigenvalue weighted by molar-refractivity contribution is 6.08. The van der Waals surface area contributed by atoms with Crippen LogP contribution < -0.4 is 5.32 Å². The lowest BCUT2D eigenvalue weighted by atomic mass is 10.1. The molecule has 1 N–H and O–H groups in total. The molecule has 0 saturated heterocycles. The summed E-state index contributed by atoms with van der Waals surface area (Å²) in [5, 5.41) is 4.06. The third kappa shape index (κ3) is 3.65. The fraction of sp³-hybridized carbons (Fsp3) is 0.304. The number of hydrogen-bond acceptors (Lipinski definition) is 3. The molecule has 0 bridgehead atoms. The molecule has 0 fully saturated rings. The highest BCUT2D eigenvalue weighted by Crippen LogP contribution is 2.28. The second kappa shape index (κ2) is 8.30. The molecular formula is C23H26N2O3. The van der Waals surface area contributed by atoms with E-state index < -0.39 is 0 Å². The molecule has 0 saturated carbocycles. The summed E-state index contributed by atoms with van der Waals surface area (Å²) in [5.74, 6) is -0.522. The van der Waals surface area contributed by atoms with Gasteiger partial charge in [-0.1, -0.05) is 13.0 Å². The molecule has 3 aromatic rings. The van der Waals surface area contributed by atoms with E-state index in [1.807, 2.05) is 18.4 Å². The van der Waals surface area contributed by atoms with Crippen LogP contribution in [0.25, 0.3) is 10.9 Å². The molecule has 0 atom stereocenters. The lowest BCUT2D eigenvalue weighted by Gasteiger charge is -2.10. The smallest absolute Gasteiger partial charge is 0.338 e. The summed E-state index contributed by atoms with van der Waals surface area (Å²) in [4.78, 5) is 24.8. The number of esters is 1. The molecule has 5 nitrogen and oxygen atoms in total. The van der Waals surface area contributed by atoms with Crippen molar-refractivity contribution >= 4 is 28.5 Å². The molecule has 2 aromatic carbocycles. The summed E-state index contributed by atoms with van der Waals surface area (Å²) in [5.41, 5.74) is 5.07. The van der Waals surface area contributed by atoms with Gasteiger partial charge < -0.3 is 14.6 Å². The van der Waals surface area contributed by atoms with Gasteiger partial charge in [-0.15, -0.1) is 0 Å². The predicted molar refractivity (Wildman–Crippen MR) is 112 cm³/mol. The van der Waals surface area contributed by atoms with Crippen LogP contribution in [0.2, 0.25) is 0 Å². The lowest BCUT2D eigenvalue weighted by molar-refractivity contribution is 0.0526. The summed E-state index contributed by atoms with van der Waals surface area (Å²) < 4.78 is 7.04. The Labute approximate surface area is 165 Å². The van der Waals surface area contributed by atoms with Crippen molar-refractivity contribution in [3.05, 3.63) is 64.8 Å². The van der Waals surface area contributed by atoms with E-state index in [2.05, 4.69) is 30.4 Å². The van der Waals surface area contributed by atoms with Gasteiger partial charge in [0.1, 0.15) is 5.69 Å². The average molecular weight is 378 g/mol. The Bertz CT molecular complexity index is 1020. The number of rotatable bonds is 6. The maximum Gasteiger partial charge on any atom is 0.338 e. The van der Waals surface area contributed by atoms with Crippen molar-refractivity contribution in [1.82, 2.24) is 4.57 Å². The molecule has 0 aliphatic heterocycles. The van der Waals surface area contributed by atoms with E-state index in [0.29, 0.717) is 30.1 Å². The van der Waals surface area contributed by atoms with Crippen molar-refractivity contribution in [2.75, 3.05) is 11.9 Å². The number of aromatic nitrogens is 1. The van der Waals surface area contributed by atoms with E-state index in [9.17, 15) is 9.59 Å². The van der Waals surface area contributed by atoms with Gasteiger partial charge in [0.05, 0.1) is 12.2 Å². The standard InChI is InChI=1S/C23H26N2O3/c1-5-16-8-13-20-19(14-16)15(4)21(25(20)6-2)22(26)24-18-11-9-17(10-12-18)23(27)28-7-3/h8-14H,5-7H2,1-4H3,(H,24,26). The van der Waals surface area contributed by atoms with Crippen molar-refractivity contribution in [2.24, 2.45) is 0 Å². The van der Waals surface area contributed by atoms with Crippen LogP contribution in [-0.2, 0) is 17.7 Å². The van der Waals surface area contributed by atoms with Crippen LogP contribution in [-0.4, -0.2) is 23.1 Å². The van der Waals surface area contributed by atoms with Crippen LogP contribution in [0.1, 0.15) is 52.7 Å². The van der Waals surface area contributed by atoms with E-state index in [0.717, 1.165) is 22.9 Å². The lowest BCUT2D eigenvalue weighted by Crippen LogP contribution is -2.18. The third-order valence-corrected chi connectivity index (χ3v) is 4.97. The Balaban J connectivity index is 1.91. The van der Waals surface area contributed by atoms with E-state index in [-0.39, 0.29) is 11.9 Å². The van der Waals surface area contributed by atoms with Crippen LogP contribution in [0.5, 0.6) is 0 Å². The number of nitrogens with zero attached hydrogens (tertiary/aromatic N) is 1. The van der Waals surface area contributed by atoms with Crippen molar-refractivity contribution in [2.45, 2.75) is 40.7 Å². The van der Waals surface area contributed by atoms with E-state index in [1.54, 1.807) is 31.2 Å². The molecule has 0 aliphatic carbocycles. The Hall–Kier alpha value is -3.08. The molecule has 0 spiro atoms. The van der Waals surface area contributed by atoms with E-state index >= 15 is 0 Å². The zero-order chi connectivity index (χ0) is 20.3. The fourth-order valence-electron chi connectivity index (χ4n) is 3.50. The topological polar surface area (TPSA) is 60.3 Å². The molecule has 146 valence electrons. The van der Waals surface area contributed by atoms with E-state index in [1.165, 1.54) is 5.56 Å². The number of fused-ring (bicyclic) bond motifs is 1. The van der Waals surface area contributed by atoms with Gasteiger partial charge in [0, 0.05) is 23.1 Å². The van der Waals surface area contributed by atoms with Crippen LogP contribution in [0.4, 0.5) is 5.69 Å². The van der Waals surface area contributed by atoms with Crippen LogP contribution in [0.3, 0.4) is 0 Å². The Morgan fingerprint density at radius 3 is 2.36 bits per heavy atom. The van der Waals surface area contributed by atoms with E-state index in [4.69, 9.17) is 4.74 Å². The number of carbonyl (C=O) groups is 2. The fourth-order valence-corrected chi connectivity index (χ4v) is 3.50. The summed E-state index contributed by atoms with van der Waals surface area (Å²) in [6.07, 6.45) is 0.959. The molecule has 28 heavy (non-hydrogen) atoms. The van der Waals surface area contributed by atoms with Crippen molar-refractivity contribution in [3.63, 3.8) is 0 Å². The molecule has 1 aromatic heterocycles. The summed E-state index contributed by atoms with van der Waals surface area (Å²) in [6, 6.07) is 13.1. The highest BCUT2D eigenvalue weighted by Gasteiger charge is 2.20. The Morgan fingerprint density at radius 1 is 1.04 bits per heavy atom. The molecule has 1 amide bonds. The van der Waals surface area contributed by atoms with Gasteiger partial charge in [0.15, 0.2) is 0 Å². The highest BCUT2D eigenvalue weighted by atomic mass is 16.5. The second-order valence-corrected chi connectivity index (χ2v) is 6.67. The Morgan fingerprint density at radius 2 is 1.75 bits per heavy atom. The number of ether oxygens (including phenoxy) is 1. The minimum Gasteiger partial charge on any atom is -0.462 e. The third-order valence-electron chi connectivity index (χ3n) is 4.97. The molecule has 0 aliphatic rings. The second-order valence-electron chi connectivity index (χ2n) is 6.67. The number of aryl methyl sites for hydroxylation is 3. The zero-order valence-corrected chi connectivity index (χ0v) is 16.8. The first-order valence-electron chi connectivity index (χ1n) is 9.70. The maximum absolute atomic E-state index is 13.0. The largest absolute Gasteiger partial charge is 0.462 e. The first-order valence-corrected chi connectivity index (χ1v) is 9.70. The minimum atomic E-state index is -0.367. The SMILES string of the molecule is CCOC(=O)c1ccc(NC(=O)c2c(C)c3cc(CC)ccc3n2CC)cc1. The number of anilines is 1.